The number of benzene rings is 1. The molecule has 0 saturated heterocycles. The number of hydrogen-bond acceptors (Lipinski definition) is 2. The molecule has 3 N–H and O–H groups in total. The highest BCUT2D eigenvalue weighted by atomic mass is 19.4. The minimum Gasteiger partial charge on any atom is -0.396 e. The summed E-state index contributed by atoms with van der Waals surface area (Å²) in [6.07, 6.45) is -4.80. The van der Waals surface area contributed by atoms with Gasteiger partial charge in [0.2, 0.25) is 0 Å². The van der Waals surface area contributed by atoms with E-state index in [0.29, 0.717) is 6.07 Å². The first-order valence-electron chi connectivity index (χ1n) is 3.62. The molecule has 1 aromatic rings. The number of aliphatic hydroxyl groups is 1. The number of halogens is 4. The van der Waals surface area contributed by atoms with E-state index in [1.165, 1.54) is 0 Å². The maximum atomic E-state index is 12.9. The van der Waals surface area contributed by atoms with E-state index >= 15 is 0 Å². The van der Waals surface area contributed by atoms with E-state index in [0.717, 1.165) is 6.07 Å². The van der Waals surface area contributed by atoms with Gasteiger partial charge in [-0.3, -0.25) is 0 Å². The average molecular weight is 209 g/mol. The second-order valence-electron chi connectivity index (χ2n) is 2.70. The molecule has 14 heavy (non-hydrogen) atoms. The highest BCUT2D eigenvalue weighted by Gasteiger charge is 2.35. The van der Waals surface area contributed by atoms with Gasteiger partial charge in [0.1, 0.15) is 0 Å². The minimum atomic E-state index is -4.80. The van der Waals surface area contributed by atoms with E-state index < -0.39 is 29.9 Å². The first kappa shape index (κ1) is 10.8. The van der Waals surface area contributed by atoms with Crippen LogP contribution in [0.3, 0.4) is 0 Å². The monoisotopic (exact) mass is 209 g/mol. The number of nitrogens with two attached hydrogens (primary N) is 1. The van der Waals surface area contributed by atoms with Crippen molar-refractivity contribution >= 4 is 5.69 Å². The van der Waals surface area contributed by atoms with E-state index in [2.05, 4.69) is 0 Å². The summed E-state index contributed by atoms with van der Waals surface area (Å²) in [5, 5.41) is 8.60. The molecule has 0 radical (unpaired) electrons. The summed E-state index contributed by atoms with van der Waals surface area (Å²) in [6, 6.07) is 1.50. The standard InChI is InChI=1S/C8H7F4NO/c9-7-5(8(10,11)12)1-4(3-14)2-6(7)13/h1-2,14H,3,13H2. The average Bonchev–Trinajstić information content (AvgIpc) is 2.07. The molecule has 0 aromatic heterocycles. The van der Waals surface area contributed by atoms with Crippen molar-refractivity contribution < 1.29 is 22.7 Å². The number of aliphatic hydroxyl groups excluding tert-OH is 1. The number of hydrogen-bond donors (Lipinski definition) is 2. The molecule has 0 saturated carbocycles. The first-order chi connectivity index (χ1) is 6.36. The Morgan fingerprint density at radius 2 is 1.86 bits per heavy atom. The molecule has 2 nitrogen and oxygen atoms in total. The Labute approximate surface area is 77.0 Å². The van der Waals surface area contributed by atoms with Crippen molar-refractivity contribution in [3.05, 3.63) is 29.1 Å². The van der Waals surface area contributed by atoms with Crippen molar-refractivity contribution in [1.29, 1.82) is 0 Å². The van der Waals surface area contributed by atoms with Crippen LogP contribution in [0, 0.1) is 5.82 Å². The summed E-state index contributed by atoms with van der Waals surface area (Å²) in [5.74, 6) is -1.50. The van der Waals surface area contributed by atoms with Crippen molar-refractivity contribution in [1.82, 2.24) is 0 Å². The quantitative estimate of drug-likeness (QED) is 0.548. The number of nitrogen functional groups attached to an aromatic ring is 1. The van der Waals surface area contributed by atoms with E-state index in [9.17, 15) is 17.6 Å². The fourth-order valence-corrected chi connectivity index (χ4v) is 1.01. The Morgan fingerprint density at radius 1 is 1.29 bits per heavy atom. The molecule has 0 spiro atoms. The van der Waals surface area contributed by atoms with E-state index in [1.807, 2.05) is 0 Å². The normalized spacial score (nSPS) is 11.8. The molecule has 1 rings (SSSR count). The molecule has 78 valence electrons. The Hall–Kier alpha value is -1.30. The molecule has 0 bridgehead atoms. The van der Waals surface area contributed by atoms with Gasteiger partial charge < -0.3 is 10.8 Å². The molecule has 6 heteroatoms. The SMILES string of the molecule is Nc1cc(CO)cc(C(F)(F)F)c1F. The highest BCUT2D eigenvalue weighted by Crippen LogP contribution is 2.34. The topological polar surface area (TPSA) is 46.2 Å². The van der Waals surface area contributed by atoms with E-state index in [4.69, 9.17) is 10.8 Å². The van der Waals surface area contributed by atoms with Crippen molar-refractivity contribution in [2.45, 2.75) is 12.8 Å². The van der Waals surface area contributed by atoms with Gasteiger partial charge >= 0.3 is 6.18 Å². The molecule has 0 aliphatic rings. The van der Waals surface area contributed by atoms with Crippen LogP contribution in [0.2, 0.25) is 0 Å². The van der Waals surface area contributed by atoms with Crippen molar-refractivity contribution in [3.8, 4) is 0 Å². The molecule has 0 heterocycles. The summed E-state index contributed by atoms with van der Waals surface area (Å²) in [7, 11) is 0. The van der Waals surface area contributed by atoms with Crippen LogP contribution in [-0.4, -0.2) is 5.11 Å². The van der Waals surface area contributed by atoms with Crippen LogP contribution in [0.25, 0.3) is 0 Å². The molecular formula is C8H7F4NO. The molecule has 0 aliphatic carbocycles. The fourth-order valence-electron chi connectivity index (χ4n) is 1.01. The summed E-state index contributed by atoms with van der Waals surface area (Å²) >= 11 is 0. The molecule has 0 atom stereocenters. The summed E-state index contributed by atoms with van der Waals surface area (Å²) in [6.45, 7) is -0.618. The van der Waals surface area contributed by atoms with Gasteiger partial charge in [-0.25, -0.2) is 4.39 Å². The lowest BCUT2D eigenvalue weighted by atomic mass is 10.1. The maximum Gasteiger partial charge on any atom is 0.419 e. The molecule has 0 amide bonds. The lowest BCUT2D eigenvalue weighted by molar-refractivity contribution is -0.140. The van der Waals surface area contributed by atoms with Gasteiger partial charge in [-0.2, -0.15) is 13.2 Å². The van der Waals surface area contributed by atoms with Gasteiger partial charge in [-0.1, -0.05) is 0 Å². The van der Waals surface area contributed by atoms with E-state index in [1.54, 1.807) is 0 Å². The van der Waals surface area contributed by atoms with Crippen molar-refractivity contribution in [2.24, 2.45) is 0 Å². The summed E-state index contributed by atoms with van der Waals surface area (Å²) in [4.78, 5) is 0. The van der Waals surface area contributed by atoms with Gasteiger partial charge in [-0.05, 0) is 17.7 Å². The third kappa shape index (κ3) is 1.95. The number of alkyl halides is 3. The number of anilines is 1. The molecule has 0 fully saturated rings. The third-order valence-corrected chi connectivity index (χ3v) is 1.65. The van der Waals surface area contributed by atoms with E-state index in [-0.39, 0.29) is 5.56 Å². The highest BCUT2D eigenvalue weighted by molar-refractivity contribution is 5.47. The van der Waals surface area contributed by atoms with Crippen molar-refractivity contribution in [3.63, 3.8) is 0 Å². The maximum absolute atomic E-state index is 12.9. The third-order valence-electron chi connectivity index (χ3n) is 1.65. The fraction of sp³-hybridized carbons (Fsp3) is 0.250. The summed E-state index contributed by atoms with van der Waals surface area (Å²) in [5.41, 5.74) is 2.86. The summed E-state index contributed by atoms with van der Waals surface area (Å²) < 4.78 is 49.4. The zero-order chi connectivity index (χ0) is 10.9. The Bertz CT molecular complexity index is 348. The predicted molar refractivity (Wildman–Crippen MR) is 41.7 cm³/mol. The minimum absolute atomic E-state index is 0.0729. The van der Waals surface area contributed by atoms with Crippen LogP contribution < -0.4 is 5.73 Å². The van der Waals surface area contributed by atoms with Gasteiger partial charge in [0.05, 0.1) is 17.9 Å². The second kappa shape index (κ2) is 3.45. The smallest absolute Gasteiger partial charge is 0.396 e. The zero-order valence-corrected chi connectivity index (χ0v) is 6.90. The Morgan fingerprint density at radius 3 is 2.29 bits per heavy atom. The Balaban J connectivity index is 3.35. The van der Waals surface area contributed by atoms with Crippen LogP contribution in [0.5, 0.6) is 0 Å². The van der Waals surface area contributed by atoms with Gasteiger partial charge in [0.15, 0.2) is 5.82 Å². The Kier molecular flexibility index (Phi) is 2.66. The molecule has 1 aromatic carbocycles. The van der Waals surface area contributed by atoms with Crippen molar-refractivity contribution in [2.75, 3.05) is 5.73 Å². The predicted octanol–water partition coefficient (Wildman–Crippen LogP) is 1.92. The van der Waals surface area contributed by atoms with Gasteiger partial charge in [-0.15, -0.1) is 0 Å². The van der Waals surface area contributed by atoms with Crippen LogP contribution in [-0.2, 0) is 12.8 Å². The van der Waals surface area contributed by atoms with Crippen LogP contribution in [0.15, 0.2) is 12.1 Å². The van der Waals surface area contributed by atoms with Crippen LogP contribution in [0.4, 0.5) is 23.2 Å². The van der Waals surface area contributed by atoms with Crippen LogP contribution in [0.1, 0.15) is 11.1 Å². The number of rotatable bonds is 1. The zero-order valence-electron chi connectivity index (χ0n) is 6.90. The molecule has 0 aliphatic heterocycles. The second-order valence-corrected chi connectivity index (χ2v) is 2.70. The van der Waals surface area contributed by atoms with Gasteiger partial charge in [0.25, 0.3) is 0 Å². The largest absolute Gasteiger partial charge is 0.419 e. The lowest BCUT2D eigenvalue weighted by Gasteiger charge is -2.10. The first-order valence-corrected chi connectivity index (χ1v) is 3.62. The lowest BCUT2D eigenvalue weighted by Crippen LogP contribution is -2.11. The molecule has 0 unspecified atom stereocenters. The van der Waals surface area contributed by atoms with Crippen LogP contribution >= 0.6 is 0 Å². The molecular weight excluding hydrogens is 202 g/mol. The van der Waals surface area contributed by atoms with Gasteiger partial charge in [0, 0.05) is 0 Å².